The van der Waals surface area contributed by atoms with Crippen LogP contribution in [0.15, 0.2) is 78.9 Å². The lowest BCUT2D eigenvalue weighted by Crippen LogP contribution is -2.38. The van der Waals surface area contributed by atoms with Gasteiger partial charge in [-0.1, -0.05) is 60.7 Å². The molecule has 0 aliphatic carbocycles. The van der Waals surface area contributed by atoms with Gasteiger partial charge in [-0.25, -0.2) is 0 Å². The van der Waals surface area contributed by atoms with Gasteiger partial charge in [0.05, 0.1) is 5.56 Å². The molecule has 0 spiro atoms. The molecule has 0 bridgehead atoms. The van der Waals surface area contributed by atoms with Crippen molar-refractivity contribution in [1.82, 2.24) is 10.2 Å². The van der Waals surface area contributed by atoms with Gasteiger partial charge in [-0.05, 0) is 34.9 Å². The molecular weight excluding hydrogens is 405 g/mol. The van der Waals surface area contributed by atoms with Gasteiger partial charge < -0.3 is 10.2 Å². The zero-order valence-corrected chi connectivity index (χ0v) is 16.4. The Morgan fingerprint density at radius 1 is 0.871 bits per heavy atom. The van der Waals surface area contributed by atoms with Crippen LogP contribution in [0.4, 0.5) is 13.2 Å². The molecule has 1 heterocycles. The predicted octanol–water partition coefficient (Wildman–Crippen LogP) is 4.72. The van der Waals surface area contributed by atoms with Crippen molar-refractivity contribution in [3.05, 3.63) is 107 Å². The van der Waals surface area contributed by atoms with Gasteiger partial charge in [0.15, 0.2) is 0 Å². The van der Waals surface area contributed by atoms with Crippen molar-refractivity contribution >= 4 is 11.8 Å². The molecule has 4 rings (SSSR count). The lowest BCUT2D eigenvalue weighted by atomic mass is 10.0. The minimum Gasteiger partial charge on any atom is -0.350 e. The Morgan fingerprint density at radius 2 is 1.52 bits per heavy atom. The van der Waals surface area contributed by atoms with Crippen LogP contribution in [-0.2, 0) is 24.1 Å². The zero-order valence-electron chi connectivity index (χ0n) is 16.4. The standard InChI is InChI=1S/C24H19F3N2O2/c25-24(26,27)18-12-10-17(11-13-18)15-29-21(19-8-4-5-9-20(19)23(29)31)22(30)28-14-16-6-2-1-3-7-16/h1-13,21H,14-15H2,(H,28,30). The fourth-order valence-electron chi connectivity index (χ4n) is 3.69. The average molecular weight is 424 g/mol. The third kappa shape index (κ3) is 4.30. The lowest BCUT2D eigenvalue weighted by molar-refractivity contribution is -0.137. The molecule has 3 aromatic carbocycles. The molecule has 1 aliphatic rings. The molecule has 1 atom stereocenters. The number of fused-ring (bicyclic) bond motifs is 1. The van der Waals surface area contributed by atoms with Crippen molar-refractivity contribution in [2.24, 2.45) is 0 Å². The summed E-state index contributed by atoms with van der Waals surface area (Å²) in [6.45, 7) is 0.329. The van der Waals surface area contributed by atoms with E-state index >= 15 is 0 Å². The van der Waals surface area contributed by atoms with Crippen LogP contribution in [0.1, 0.15) is 38.7 Å². The van der Waals surface area contributed by atoms with E-state index in [1.807, 2.05) is 30.3 Å². The highest BCUT2D eigenvalue weighted by molar-refractivity contribution is 6.04. The number of carbonyl (C=O) groups is 2. The van der Waals surface area contributed by atoms with Crippen molar-refractivity contribution < 1.29 is 22.8 Å². The topological polar surface area (TPSA) is 49.4 Å². The summed E-state index contributed by atoms with van der Waals surface area (Å²) in [6.07, 6.45) is -4.43. The Kier molecular flexibility index (Phi) is 5.50. The smallest absolute Gasteiger partial charge is 0.350 e. The summed E-state index contributed by atoms with van der Waals surface area (Å²) in [4.78, 5) is 27.4. The Bertz CT molecular complexity index is 1100. The van der Waals surface area contributed by atoms with E-state index in [9.17, 15) is 22.8 Å². The first-order chi connectivity index (χ1) is 14.8. The molecule has 3 aromatic rings. The van der Waals surface area contributed by atoms with Crippen molar-refractivity contribution in [3.63, 3.8) is 0 Å². The number of nitrogens with one attached hydrogen (secondary N) is 1. The number of hydrogen-bond acceptors (Lipinski definition) is 2. The first-order valence-corrected chi connectivity index (χ1v) is 9.72. The van der Waals surface area contributed by atoms with E-state index in [0.29, 0.717) is 23.2 Å². The molecule has 0 radical (unpaired) electrons. The molecule has 1 aliphatic heterocycles. The maximum Gasteiger partial charge on any atom is 0.416 e. The highest BCUT2D eigenvalue weighted by atomic mass is 19.4. The minimum atomic E-state index is -4.43. The fraction of sp³-hybridized carbons (Fsp3) is 0.167. The van der Waals surface area contributed by atoms with Crippen molar-refractivity contribution in [2.45, 2.75) is 25.3 Å². The van der Waals surface area contributed by atoms with Crippen LogP contribution in [0, 0.1) is 0 Å². The average Bonchev–Trinajstić information content (AvgIpc) is 3.04. The Labute approximate surface area is 177 Å². The molecule has 0 fully saturated rings. The largest absolute Gasteiger partial charge is 0.416 e. The lowest BCUT2D eigenvalue weighted by Gasteiger charge is -2.25. The van der Waals surface area contributed by atoms with Gasteiger partial charge in [0, 0.05) is 18.7 Å². The molecule has 31 heavy (non-hydrogen) atoms. The number of benzene rings is 3. The summed E-state index contributed by atoms with van der Waals surface area (Å²) < 4.78 is 38.5. The Hall–Kier alpha value is -3.61. The summed E-state index contributed by atoms with van der Waals surface area (Å²) >= 11 is 0. The van der Waals surface area contributed by atoms with Crippen LogP contribution < -0.4 is 5.32 Å². The molecule has 2 amide bonds. The molecule has 0 saturated heterocycles. The Morgan fingerprint density at radius 3 is 2.19 bits per heavy atom. The molecule has 4 nitrogen and oxygen atoms in total. The van der Waals surface area contributed by atoms with Gasteiger partial charge in [0.25, 0.3) is 5.91 Å². The van der Waals surface area contributed by atoms with Gasteiger partial charge in [0.2, 0.25) is 5.91 Å². The van der Waals surface area contributed by atoms with Crippen molar-refractivity contribution in [2.75, 3.05) is 0 Å². The van der Waals surface area contributed by atoms with Crippen LogP contribution in [0.25, 0.3) is 0 Å². The zero-order chi connectivity index (χ0) is 22.0. The van der Waals surface area contributed by atoms with Crippen LogP contribution in [0.5, 0.6) is 0 Å². The van der Waals surface area contributed by atoms with Crippen LogP contribution in [0.2, 0.25) is 0 Å². The van der Waals surface area contributed by atoms with E-state index in [-0.39, 0.29) is 18.4 Å². The van der Waals surface area contributed by atoms with E-state index < -0.39 is 17.8 Å². The van der Waals surface area contributed by atoms with Crippen LogP contribution in [-0.4, -0.2) is 16.7 Å². The molecule has 7 heteroatoms. The quantitative estimate of drug-likeness (QED) is 0.645. The highest BCUT2D eigenvalue weighted by Gasteiger charge is 2.40. The minimum absolute atomic E-state index is 0.0229. The molecular formula is C24H19F3N2O2. The number of halogens is 3. The molecule has 158 valence electrons. The number of alkyl halides is 3. The molecule has 1 N–H and O–H groups in total. The SMILES string of the molecule is O=C(NCc1ccccc1)C1c2ccccc2C(=O)N1Cc1ccc(C(F)(F)F)cc1. The van der Waals surface area contributed by atoms with Gasteiger partial charge in [0.1, 0.15) is 6.04 Å². The van der Waals surface area contributed by atoms with Crippen molar-refractivity contribution in [1.29, 1.82) is 0 Å². The first kappa shape index (κ1) is 20.7. The number of amides is 2. The number of hydrogen-bond donors (Lipinski definition) is 1. The van der Waals surface area contributed by atoms with Gasteiger partial charge >= 0.3 is 6.18 Å². The van der Waals surface area contributed by atoms with Gasteiger partial charge in [-0.3, -0.25) is 9.59 Å². The normalized spacial score (nSPS) is 15.6. The number of rotatable bonds is 5. The van der Waals surface area contributed by atoms with Crippen LogP contribution in [0.3, 0.4) is 0 Å². The summed E-state index contributed by atoms with van der Waals surface area (Å²) in [5, 5.41) is 2.87. The van der Waals surface area contributed by atoms with Gasteiger partial charge in [-0.15, -0.1) is 0 Å². The second kappa shape index (κ2) is 8.26. The third-order valence-corrected chi connectivity index (χ3v) is 5.25. The number of carbonyl (C=O) groups excluding carboxylic acids is 2. The maximum absolute atomic E-state index is 13.1. The van der Waals surface area contributed by atoms with Gasteiger partial charge in [-0.2, -0.15) is 13.2 Å². The second-order valence-electron chi connectivity index (χ2n) is 7.32. The maximum atomic E-state index is 13.1. The monoisotopic (exact) mass is 424 g/mol. The molecule has 1 unspecified atom stereocenters. The van der Waals surface area contributed by atoms with E-state index in [1.54, 1.807) is 24.3 Å². The highest BCUT2D eigenvalue weighted by Crippen LogP contribution is 2.35. The van der Waals surface area contributed by atoms with E-state index in [4.69, 9.17) is 0 Å². The summed E-state index contributed by atoms with van der Waals surface area (Å²) in [5.74, 6) is -0.663. The Balaban J connectivity index is 1.57. The van der Waals surface area contributed by atoms with E-state index in [2.05, 4.69) is 5.32 Å². The first-order valence-electron chi connectivity index (χ1n) is 9.72. The third-order valence-electron chi connectivity index (χ3n) is 5.25. The van der Waals surface area contributed by atoms with E-state index in [0.717, 1.165) is 17.7 Å². The number of nitrogens with zero attached hydrogens (tertiary/aromatic N) is 1. The molecule has 0 aromatic heterocycles. The predicted molar refractivity (Wildman–Crippen MR) is 109 cm³/mol. The van der Waals surface area contributed by atoms with E-state index in [1.165, 1.54) is 17.0 Å². The van der Waals surface area contributed by atoms with Crippen molar-refractivity contribution in [3.8, 4) is 0 Å². The summed E-state index contributed by atoms with van der Waals surface area (Å²) in [6, 6.07) is 20.0. The summed E-state index contributed by atoms with van der Waals surface area (Å²) in [5.41, 5.74) is 1.68. The fourth-order valence-corrected chi connectivity index (χ4v) is 3.69. The second-order valence-corrected chi connectivity index (χ2v) is 7.32. The van der Waals surface area contributed by atoms with Crippen LogP contribution >= 0.6 is 0 Å². The summed E-state index contributed by atoms with van der Waals surface area (Å²) in [7, 11) is 0. The molecule has 0 saturated carbocycles.